The Morgan fingerprint density at radius 2 is 1.50 bits per heavy atom. The number of para-hydroxylation sites is 1. The van der Waals surface area contributed by atoms with Gasteiger partial charge in [-0.1, -0.05) is 42.5 Å². The number of hydrogen-bond acceptors (Lipinski definition) is 2. The van der Waals surface area contributed by atoms with Crippen LogP contribution in [-0.2, 0) is 12.8 Å². The molecule has 0 saturated carbocycles. The monoisotopic (exact) mass is 239 g/mol. The van der Waals surface area contributed by atoms with E-state index in [9.17, 15) is 4.79 Å². The minimum absolute atomic E-state index is 0.117. The van der Waals surface area contributed by atoms with Gasteiger partial charge in [0.2, 0.25) is 0 Å². The first kappa shape index (κ1) is 12.4. The number of carbonyl (C=O) groups excluding carboxylic acids is 1. The van der Waals surface area contributed by atoms with E-state index in [2.05, 4.69) is 0 Å². The molecule has 18 heavy (non-hydrogen) atoms. The molecule has 0 spiro atoms. The fraction of sp³-hybridized carbons (Fsp3) is 0.188. The molecule has 0 aliphatic rings. The second-order valence-corrected chi connectivity index (χ2v) is 4.41. The van der Waals surface area contributed by atoms with Crippen LogP contribution in [-0.4, -0.2) is 5.78 Å². The van der Waals surface area contributed by atoms with Crippen LogP contribution in [0.5, 0.6) is 0 Å². The molecule has 2 N–H and O–H groups in total. The van der Waals surface area contributed by atoms with Gasteiger partial charge in [0.1, 0.15) is 0 Å². The molecule has 0 saturated heterocycles. The molecule has 2 rings (SSSR count). The Hall–Kier alpha value is -2.09. The highest BCUT2D eigenvalue weighted by atomic mass is 16.1. The van der Waals surface area contributed by atoms with Crippen molar-refractivity contribution in [1.29, 1.82) is 0 Å². The molecule has 92 valence electrons. The third-order valence-corrected chi connectivity index (χ3v) is 3.12. The molecule has 0 amide bonds. The van der Waals surface area contributed by atoms with E-state index in [1.165, 1.54) is 0 Å². The largest absolute Gasteiger partial charge is 0.399 e. The maximum Gasteiger partial charge on any atom is 0.160 e. The number of carbonyl (C=O) groups is 1. The van der Waals surface area contributed by atoms with Crippen molar-refractivity contribution in [2.45, 2.75) is 19.8 Å². The SMILES string of the molecule is CC(=O)c1ccccc1CCc1ccccc1N. The Bertz CT molecular complexity index is 561. The fourth-order valence-electron chi connectivity index (χ4n) is 2.11. The quantitative estimate of drug-likeness (QED) is 0.657. The zero-order valence-corrected chi connectivity index (χ0v) is 10.5. The lowest BCUT2D eigenvalue weighted by Gasteiger charge is -2.08. The molecule has 2 aromatic rings. The summed E-state index contributed by atoms with van der Waals surface area (Å²) in [6, 6.07) is 15.6. The molecule has 0 heterocycles. The van der Waals surface area contributed by atoms with Gasteiger partial charge in [-0.05, 0) is 37.0 Å². The molecule has 0 bridgehead atoms. The number of Topliss-reactive ketones (excluding diaryl/α,β-unsaturated/α-hetero) is 1. The van der Waals surface area contributed by atoms with E-state index in [0.717, 1.165) is 35.2 Å². The molecule has 0 fully saturated rings. The fourth-order valence-corrected chi connectivity index (χ4v) is 2.11. The molecule has 2 nitrogen and oxygen atoms in total. The van der Waals surface area contributed by atoms with Crippen molar-refractivity contribution in [2.24, 2.45) is 0 Å². The van der Waals surface area contributed by atoms with Crippen LogP contribution in [0.3, 0.4) is 0 Å². The van der Waals surface area contributed by atoms with E-state index < -0.39 is 0 Å². The van der Waals surface area contributed by atoms with Crippen LogP contribution in [0, 0.1) is 0 Å². The first-order valence-electron chi connectivity index (χ1n) is 6.10. The summed E-state index contributed by atoms with van der Waals surface area (Å²) in [5.74, 6) is 0.117. The third-order valence-electron chi connectivity index (χ3n) is 3.12. The standard InChI is InChI=1S/C16H17NO/c1-12(18)15-8-4-2-6-13(15)10-11-14-7-3-5-9-16(14)17/h2-9H,10-11,17H2,1H3. The number of nitrogen functional groups attached to an aromatic ring is 1. The zero-order valence-electron chi connectivity index (χ0n) is 10.5. The van der Waals surface area contributed by atoms with Gasteiger partial charge in [-0.2, -0.15) is 0 Å². The second kappa shape index (κ2) is 5.50. The third kappa shape index (κ3) is 2.77. The summed E-state index contributed by atoms with van der Waals surface area (Å²) in [5, 5.41) is 0. The Balaban J connectivity index is 2.16. The Morgan fingerprint density at radius 1 is 0.944 bits per heavy atom. The highest BCUT2D eigenvalue weighted by molar-refractivity contribution is 5.95. The van der Waals surface area contributed by atoms with Crippen LogP contribution in [0.15, 0.2) is 48.5 Å². The predicted octanol–water partition coefficient (Wildman–Crippen LogP) is 3.26. The van der Waals surface area contributed by atoms with Crippen LogP contribution in [0.25, 0.3) is 0 Å². The predicted molar refractivity (Wildman–Crippen MR) is 74.7 cm³/mol. The number of anilines is 1. The van der Waals surface area contributed by atoms with E-state index >= 15 is 0 Å². The van der Waals surface area contributed by atoms with Crippen molar-refractivity contribution in [3.05, 3.63) is 65.2 Å². The summed E-state index contributed by atoms with van der Waals surface area (Å²) in [6.45, 7) is 1.61. The molecule has 2 aromatic carbocycles. The van der Waals surface area contributed by atoms with E-state index in [0.29, 0.717) is 0 Å². The lowest BCUT2D eigenvalue weighted by Crippen LogP contribution is -2.02. The van der Waals surface area contributed by atoms with Crippen LogP contribution in [0.2, 0.25) is 0 Å². The van der Waals surface area contributed by atoms with E-state index in [1.54, 1.807) is 6.92 Å². The molecule has 0 aromatic heterocycles. The average Bonchev–Trinajstić information content (AvgIpc) is 2.38. The maximum absolute atomic E-state index is 11.5. The number of rotatable bonds is 4. The summed E-state index contributed by atoms with van der Waals surface area (Å²) in [7, 11) is 0. The second-order valence-electron chi connectivity index (χ2n) is 4.41. The molecule has 0 aliphatic heterocycles. The van der Waals surface area contributed by atoms with E-state index in [-0.39, 0.29) is 5.78 Å². The molecule has 0 aliphatic carbocycles. The van der Waals surface area contributed by atoms with Gasteiger partial charge in [0.05, 0.1) is 0 Å². The normalized spacial score (nSPS) is 10.3. The van der Waals surface area contributed by atoms with Crippen LogP contribution in [0.4, 0.5) is 5.69 Å². The van der Waals surface area contributed by atoms with Crippen molar-refractivity contribution >= 4 is 11.5 Å². The molecule has 2 heteroatoms. The van der Waals surface area contributed by atoms with Gasteiger partial charge in [0.15, 0.2) is 5.78 Å². The summed E-state index contributed by atoms with van der Waals surface area (Å²) in [6.07, 6.45) is 1.70. The first-order valence-corrected chi connectivity index (χ1v) is 6.10. The number of benzene rings is 2. The molecular weight excluding hydrogens is 222 g/mol. The Labute approximate surface area is 107 Å². The van der Waals surface area contributed by atoms with E-state index in [1.807, 2.05) is 48.5 Å². The summed E-state index contributed by atoms with van der Waals surface area (Å²) in [5.41, 5.74) is 9.77. The average molecular weight is 239 g/mol. The lowest BCUT2D eigenvalue weighted by atomic mass is 9.97. The number of nitrogens with two attached hydrogens (primary N) is 1. The van der Waals surface area contributed by atoms with Gasteiger partial charge in [-0.3, -0.25) is 4.79 Å². The molecule has 0 unspecified atom stereocenters. The summed E-state index contributed by atoms with van der Waals surface area (Å²) < 4.78 is 0. The highest BCUT2D eigenvalue weighted by Gasteiger charge is 2.06. The zero-order chi connectivity index (χ0) is 13.0. The number of hydrogen-bond donors (Lipinski definition) is 1. The minimum atomic E-state index is 0.117. The summed E-state index contributed by atoms with van der Waals surface area (Å²) >= 11 is 0. The highest BCUT2D eigenvalue weighted by Crippen LogP contribution is 2.16. The van der Waals surface area contributed by atoms with Gasteiger partial charge in [-0.25, -0.2) is 0 Å². The molecule has 0 radical (unpaired) electrons. The topological polar surface area (TPSA) is 43.1 Å². The van der Waals surface area contributed by atoms with Crippen molar-refractivity contribution in [3.8, 4) is 0 Å². The summed E-state index contributed by atoms with van der Waals surface area (Å²) in [4.78, 5) is 11.5. The molecule has 0 atom stereocenters. The van der Waals surface area contributed by atoms with Crippen LogP contribution in [0.1, 0.15) is 28.4 Å². The van der Waals surface area contributed by atoms with Gasteiger partial charge in [0, 0.05) is 11.3 Å². The van der Waals surface area contributed by atoms with Crippen molar-refractivity contribution in [3.63, 3.8) is 0 Å². The van der Waals surface area contributed by atoms with E-state index in [4.69, 9.17) is 5.73 Å². The maximum atomic E-state index is 11.5. The minimum Gasteiger partial charge on any atom is -0.399 e. The van der Waals surface area contributed by atoms with Crippen molar-refractivity contribution in [1.82, 2.24) is 0 Å². The van der Waals surface area contributed by atoms with Crippen LogP contribution < -0.4 is 5.73 Å². The van der Waals surface area contributed by atoms with Gasteiger partial charge < -0.3 is 5.73 Å². The Morgan fingerprint density at radius 3 is 2.17 bits per heavy atom. The number of aryl methyl sites for hydroxylation is 2. The Kier molecular flexibility index (Phi) is 3.78. The van der Waals surface area contributed by atoms with Gasteiger partial charge >= 0.3 is 0 Å². The van der Waals surface area contributed by atoms with Crippen molar-refractivity contribution < 1.29 is 4.79 Å². The first-order chi connectivity index (χ1) is 8.68. The van der Waals surface area contributed by atoms with Gasteiger partial charge in [0.25, 0.3) is 0 Å². The smallest absolute Gasteiger partial charge is 0.160 e. The van der Waals surface area contributed by atoms with Crippen LogP contribution >= 0.6 is 0 Å². The van der Waals surface area contributed by atoms with Crippen molar-refractivity contribution in [2.75, 3.05) is 5.73 Å². The molecular formula is C16H17NO. The van der Waals surface area contributed by atoms with Gasteiger partial charge in [-0.15, -0.1) is 0 Å². The lowest BCUT2D eigenvalue weighted by molar-refractivity contribution is 0.101. The number of ketones is 1.